The highest BCUT2D eigenvalue weighted by atomic mass is 19.3. The fourth-order valence-corrected chi connectivity index (χ4v) is 4.21. The molecule has 9 nitrogen and oxygen atoms in total. The Morgan fingerprint density at radius 2 is 2.03 bits per heavy atom. The molecule has 1 aliphatic rings. The molecule has 0 amide bonds. The molecule has 0 bridgehead atoms. The number of pyridine rings is 2. The third kappa shape index (κ3) is 4.40. The molecule has 0 aliphatic carbocycles. The van der Waals surface area contributed by atoms with E-state index in [1.165, 1.54) is 17.1 Å². The summed E-state index contributed by atoms with van der Waals surface area (Å²) in [6.45, 7) is -1.70. The van der Waals surface area contributed by atoms with Gasteiger partial charge in [-0.2, -0.15) is 19.0 Å². The molecule has 1 aliphatic heterocycles. The second-order valence-electron chi connectivity index (χ2n) is 8.21. The Kier molecular flexibility index (Phi) is 6.05. The van der Waals surface area contributed by atoms with Crippen molar-refractivity contribution in [2.24, 2.45) is 5.73 Å². The number of nitrogens with two attached hydrogens (primary N) is 1. The number of hydrogen-bond acceptors (Lipinski definition) is 7. The molecule has 0 aromatic carbocycles. The lowest BCUT2D eigenvalue weighted by molar-refractivity contribution is 0.0566. The van der Waals surface area contributed by atoms with E-state index in [9.17, 15) is 13.2 Å². The van der Waals surface area contributed by atoms with Crippen molar-refractivity contribution in [1.29, 1.82) is 0 Å². The van der Waals surface area contributed by atoms with Gasteiger partial charge in [0.25, 0.3) is 0 Å². The molecular weight excluding hydrogens is 447 g/mol. The summed E-state index contributed by atoms with van der Waals surface area (Å²) in [7, 11) is 0. The summed E-state index contributed by atoms with van der Waals surface area (Å²) in [5.41, 5.74) is 8.83. The molecule has 0 saturated carbocycles. The first-order chi connectivity index (χ1) is 16.5. The Labute approximate surface area is 193 Å². The van der Waals surface area contributed by atoms with Gasteiger partial charge >= 0.3 is 6.55 Å². The molecule has 0 unspecified atom stereocenters. The van der Waals surface area contributed by atoms with E-state index in [4.69, 9.17) is 5.73 Å². The van der Waals surface area contributed by atoms with Crippen molar-refractivity contribution in [3.63, 3.8) is 0 Å². The van der Waals surface area contributed by atoms with Crippen molar-refractivity contribution in [2.75, 3.05) is 30.0 Å². The van der Waals surface area contributed by atoms with Crippen molar-refractivity contribution < 1.29 is 13.2 Å². The van der Waals surface area contributed by atoms with E-state index in [2.05, 4.69) is 30.4 Å². The van der Waals surface area contributed by atoms with Gasteiger partial charge in [0.2, 0.25) is 0 Å². The third-order valence-electron chi connectivity index (χ3n) is 5.83. The van der Waals surface area contributed by atoms with Crippen LogP contribution in [0.2, 0.25) is 0 Å². The smallest absolute Gasteiger partial charge is 0.333 e. The SMILES string of the molecule is N[C@H]1CCCN(c2cc(Nc3ccc4cnn(CCF)c4n3)ncc2-c2cnn(C(F)F)c2)C1. The van der Waals surface area contributed by atoms with Gasteiger partial charge in [0.05, 0.1) is 18.9 Å². The fraction of sp³-hybridized carbons (Fsp3) is 0.364. The molecule has 5 rings (SSSR count). The number of hydrogen-bond donors (Lipinski definition) is 2. The number of piperidine rings is 1. The molecule has 3 N–H and O–H groups in total. The Balaban J connectivity index is 1.50. The molecule has 0 spiro atoms. The summed E-state index contributed by atoms with van der Waals surface area (Å²) in [4.78, 5) is 11.2. The van der Waals surface area contributed by atoms with E-state index in [1.807, 2.05) is 12.1 Å². The van der Waals surface area contributed by atoms with Gasteiger partial charge in [0, 0.05) is 59.8 Å². The average molecular weight is 471 g/mol. The Morgan fingerprint density at radius 3 is 2.79 bits per heavy atom. The lowest BCUT2D eigenvalue weighted by atomic mass is 10.0. The maximum atomic E-state index is 13.1. The molecule has 1 fully saturated rings. The predicted molar refractivity (Wildman–Crippen MR) is 123 cm³/mol. The molecule has 34 heavy (non-hydrogen) atoms. The van der Waals surface area contributed by atoms with Crippen molar-refractivity contribution in [1.82, 2.24) is 29.5 Å². The van der Waals surface area contributed by atoms with Gasteiger partial charge in [-0.25, -0.2) is 23.7 Å². The van der Waals surface area contributed by atoms with Gasteiger partial charge in [-0.15, -0.1) is 0 Å². The third-order valence-corrected chi connectivity index (χ3v) is 5.83. The number of nitrogens with zero attached hydrogens (tertiary/aromatic N) is 7. The van der Waals surface area contributed by atoms with Crippen molar-refractivity contribution in [2.45, 2.75) is 32.0 Å². The van der Waals surface area contributed by atoms with Gasteiger partial charge in [-0.1, -0.05) is 0 Å². The molecule has 5 heterocycles. The maximum Gasteiger partial charge on any atom is 0.333 e. The molecule has 4 aromatic rings. The van der Waals surface area contributed by atoms with Gasteiger partial charge < -0.3 is 16.0 Å². The first-order valence-corrected chi connectivity index (χ1v) is 11.0. The van der Waals surface area contributed by atoms with Crippen LogP contribution in [-0.2, 0) is 6.54 Å². The lowest BCUT2D eigenvalue weighted by Gasteiger charge is -2.34. The van der Waals surface area contributed by atoms with Gasteiger partial charge in [0.1, 0.15) is 18.3 Å². The number of alkyl halides is 3. The highest BCUT2D eigenvalue weighted by Gasteiger charge is 2.22. The number of rotatable bonds is 7. The van der Waals surface area contributed by atoms with E-state index in [0.717, 1.165) is 30.5 Å². The Morgan fingerprint density at radius 1 is 1.15 bits per heavy atom. The van der Waals surface area contributed by atoms with Crippen LogP contribution in [-0.4, -0.2) is 55.3 Å². The van der Waals surface area contributed by atoms with Crippen LogP contribution in [0.1, 0.15) is 19.4 Å². The van der Waals surface area contributed by atoms with Crippen LogP contribution < -0.4 is 16.0 Å². The average Bonchev–Trinajstić information content (AvgIpc) is 3.47. The molecular formula is C22H24F3N9. The Hall–Kier alpha value is -3.67. The van der Waals surface area contributed by atoms with E-state index in [-0.39, 0.29) is 12.6 Å². The van der Waals surface area contributed by atoms with Crippen LogP contribution >= 0.6 is 0 Å². The molecule has 0 radical (unpaired) electrons. The van der Waals surface area contributed by atoms with Gasteiger partial charge in [0.15, 0.2) is 5.65 Å². The van der Waals surface area contributed by atoms with Gasteiger partial charge in [-0.3, -0.25) is 0 Å². The van der Waals surface area contributed by atoms with Crippen molar-refractivity contribution >= 4 is 28.4 Å². The molecule has 1 saturated heterocycles. The maximum absolute atomic E-state index is 13.1. The minimum Gasteiger partial charge on any atom is -0.369 e. The second kappa shape index (κ2) is 9.29. The first kappa shape index (κ1) is 22.1. The molecule has 1 atom stereocenters. The van der Waals surface area contributed by atoms with Crippen LogP contribution in [0, 0.1) is 0 Å². The summed E-state index contributed by atoms with van der Waals surface area (Å²) >= 11 is 0. The summed E-state index contributed by atoms with van der Waals surface area (Å²) in [6.07, 6.45) is 7.86. The van der Waals surface area contributed by atoms with Crippen LogP contribution in [0.5, 0.6) is 0 Å². The van der Waals surface area contributed by atoms with E-state index in [0.29, 0.717) is 39.6 Å². The number of aromatic nitrogens is 6. The normalized spacial score (nSPS) is 16.5. The lowest BCUT2D eigenvalue weighted by Crippen LogP contribution is -2.43. The van der Waals surface area contributed by atoms with Crippen LogP contribution in [0.15, 0.2) is 43.0 Å². The summed E-state index contributed by atoms with van der Waals surface area (Å²) in [5, 5.41) is 11.9. The van der Waals surface area contributed by atoms with Crippen LogP contribution in [0.4, 0.5) is 30.5 Å². The quantitative estimate of drug-likeness (QED) is 0.423. The minimum absolute atomic E-state index is 0.0230. The highest BCUT2D eigenvalue weighted by Crippen LogP contribution is 2.34. The van der Waals surface area contributed by atoms with Crippen LogP contribution in [0.25, 0.3) is 22.2 Å². The number of halogens is 3. The summed E-state index contributed by atoms with van der Waals surface area (Å²) in [5.74, 6) is 1.06. The van der Waals surface area contributed by atoms with Crippen LogP contribution in [0.3, 0.4) is 0 Å². The second-order valence-corrected chi connectivity index (χ2v) is 8.21. The van der Waals surface area contributed by atoms with E-state index >= 15 is 0 Å². The number of aryl methyl sites for hydroxylation is 1. The number of fused-ring (bicyclic) bond motifs is 1. The van der Waals surface area contributed by atoms with E-state index in [1.54, 1.807) is 18.5 Å². The fourth-order valence-electron chi connectivity index (χ4n) is 4.21. The molecule has 4 aromatic heterocycles. The predicted octanol–water partition coefficient (Wildman–Crippen LogP) is 3.73. The zero-order chi connectivity index (χ0) is 23.7. The number of anilines is 3. The largest absolute Gasteiger partial charge is 0.369 e. The Bertz CT molecular complexity index is 1290. The van der Waals surface area contributed by atoms with Gasteiger partial charge in [-0.05, 0) is 25.0 Å². The summed E-state index contributed by atoms with van der Waals surface area (Å²) in [6, 6.07) is 5.53. The molecule has 178 valence electrons. The zero-order valence-electron chi connectivity index (χ0n) is 18.3. The zero-order valence-corrected chi connectivity index (χ0v) is 18.3. The topological polar surface area (TPSA) is 103 Å². The monoisotopic (exact) mass is 471 g/mol. The first-order valence-electron chi connectivity index (χ1n) is 11.0. The minimum atomic E-state index is -2.72. The number of nitrogens with one attached hydrogen (secondary N) is 1. The standard InChI is InChI=1S/C22H24F3N9/c23-5-7-33-21-14(9-28-33)3-4-19(31-21)30-20-8-18(32-6-1-2-16(26)13-32)17(11-27-20)15-10-29-34(12-15)22(24)25/h3-4,8-12,16,22H,1-2,5-7,13,26H2,(H,27,30,31)/t16-/m0/s1. The van der Waals surface area contributed by atoms with E-state index < -0.39 is 13.2 Å². The molecule has 12 heteroatoms. The summed E-state index contributed by atoms with van der Waals surface area (Å²) < 4.78 is 41.1. The van der Waals surface area contributed by atoms with Crippen molar-refractivity contribution in [3.05, 3.63) is 43.0 Å². The highest BCUT2D eigenvalue weighted by molar-refractivity contribution is 5.81. The van der Waals surface area contributed by atoms with Crippen molar-refractivity contribution in [3.8, 4) is 11.1 Å².